The third kappa shape index (κ3) is 3.16. The van der Waals surface area contributed by atoms with Crippen molar-refractivity contribution in [1.82, 2.24) is 0 Å². The molecule has 5 aromatic carbocycles. The Hall–Kier alpha value is -3.60. The molecule has 6 rings (SSSR count). The second kappa shape index (κ2) is 7.83. The van der Waals surface area contributed by atoms with Crippen molar-refractivity contribution >= 4 is 50.0 Å². The Labute approximate surface area is 190 Å². The van der Waals surface area contributed by atoms with Crippen molar-refractivity contribution in [2.45, 2.75) is 0 Å². The molecule has 0 fully saturated rings. The highest BCUT2D eigenvalue weighted by Gasteiger charge is 2.15. The van der Waals surface area contributed by atoms with Crippen LogP contribution in [0, 0.1) is 0 Å². The summed E-state index contributed by atoms with van der Waals surface area (Å²) in [6.45, 7) is 0. The Kier molecular flexibility index (Phi) is 4.68. The molecule has 0 aliphatic rings. The lowest BCUT2D eigenvalue weighted by Gasteiger charge is -2.08. The lowest BCUT2D eigenvalue weighted by atomic mass is 9.97. The van der Waals surface area contributed by atoms with E-state index in [2.05, 4.69) is 84.9 Å². The molecule has 32 heavy (non-hydrogen) atoms. The average Bonchev–Trinajstić information content (AvgIpc) is 3.24. The third-order valence-corrected chi connectivity index (χ3v) is 7.14. The normalized spacial score (nSPS) is 11.3. The molecular formula is C28H19BO2S. The average molecular weight is 430 g/mol. The summed E-state index contributed by atoms with van der Waals surface area (Å²) in [5.41, 5.74) is 4.81. The Morgan fingerprint density at radius 2 is 1.34 bits per heavy atom. The summed E-state index contributed by atoms with van der Waals surface area (Å²) in [7, 11) is -0.334. The predicted molar refractivity (Wildman–Crippen MR) is 138 cm³/mol. The van der Waals surface area contributed by atoms with Crippen LogP contribution in [0.3, 0.4) is 0 Å². The summed E-state index contributed by atoms with van der Waals surface area (Å²) < 4.78 is 7.88. The molecule has 152 valence electrons. The largest absolute Gasteiger partial charge is 0.538 e. The standard InChI is InChI=1S/C28H19BO2S/c30-29-31-25-17-22-9-4-5-12-23(22)27-24-16-21(13-14-26(24)32-28(25)27)20-11-6-10-19(15-20)18-7-2-1-3-8-18/h1-17,29-30H. The molecular weight excluding hydrogens is 411 g/mol. The quantitative estimate of drug-likeness (QED) is 0.300. The van der Waals surface area contributed by atoms with Gasteiger partial charge in [0.15, 0.2) is 0 Å². The highest BCUT2D eigenvalue weighted by atomic mass is 32.1. The van der Waals surface area contributed by atoms with Crippen LogP contribution >= 0.6 is 11.3 Å². The summed E-state index contributed by atoms with van der Waals surface area (Å²) in [5, 5.41) is 14.1. The zero-order chi connectivity index (χ0) is 21.5. The second-order valence-electron chi connectivity index (χ2n) is 7.83. The summed E-state index contributed by atoms with van der Waals surface area (Å²) in [6, 6.07) is 36.2. The first-order valence-corrected chi connectivity index (χ1v) is 11.4. The van der Waals surface area contributed by atoms with E-state index in [-0.39, 0.29) is 7.69 Å². The smallest absolute Gasteiger partial charge is 0.504 e. The maximum Gasteiger partial charge on any atom is 0.504 e. The van der Waals surface area contributed by atoms with Crippen LogP contribution in [0.4, 0.5) is 0 Å². The monoisotopic (exact) mass is 430 g/mol. The van der Waals surface area contributed by atoms with Gasteiger partial charge in [-0.3, -0.25) is 0 Å². The van der Waals surface area contributed by atoms with Crippen molar-refractivity contribution in [2.75, 3.05) is 0 Å². The van der Waals surface area contributed by atoms with Crippen molar-refractivity contribution in [3.63, 3.8) is 0 Å². The van der Waals surface area contributed by atoms with Crippen LogP contribution in [0.25, 0.3) is 53.2 Å². The summed E-state index contributed by atoms with van der Waals surface area (Å²) in [4.78, 5) is 0. The maximum atomic E-state index is 9.42. The molecule has 1 N–H and O–H groups in total. The van der Waals surface area contributed by atoms with E-state index in [1.165, 1.54) is 43.1 Å². The van der Waals surface area contributed by atoms with Gasteiger partial charge in [-0.2, -0.15) is 0 Å². The van der Waals surface area contributed by atoms with Crippen molar-refractivity contribution < 1.29 is 9.68 Å². The van der Waals surface area contributed by atoms with Gasteiger partial charge in [-0.25, -0.2) is 0 Å². The zero-order valence-electron chi connectivity index (χ0n) is 17.3. The molecule has 0 atom stereocenters. The van der Waals surface area contributed by atoms with E-state index in [0.717, 1.165) is 15.8 Å². The van der Waals surface area contributed by atoms with Gasteiger partial charge >= 0.3 is 7.69 Å². The van der Waals surface area contributed by atoms with Crippen molar-refractivity contribution in [2.24, 2.45) is 0 Å². The molecule has 4 heteroatoms. The van der Waals surface area contributed by atoms with Gasteiger partial charge in [0.1, 0.15) is 5.75 Å². The van der Waals surface area contributed by atoms with E-state index in [1.807, 2.05) is 18.2 Å². The lowest BCUT2D eigenvalue weighted by molar-refractivity contribution is 0.457. The third-order valence-electron chi connectivity index (χ3n) is 5.95. The lowest BCUT2D eigenvalue weighted by Crippen LogP contribution is -1.99. The minimum absolute atomic E-state index is 0.334. The van der Waals surface area contributed by atoms with Gasteiger partial charge in [0.25, 0.3) is 0 Å². The van der Waals surface area contributed by atoms with Crippen LogP contribution in [0.2, 0.25) is 0 Å². The first-order chi connectivity index (χ1) is 15.8. The fourth-order valence-electron chi connectivity index (χ4n) is 4.46. The summed E-state index contributed by atoms with van der Waals surface area (Å²) in [5.74, 6) is 0.732. The molecule has 0 amide bonds. The number of hydrogen-bond donors (Lipinski definition) is 1. The maximum absolute atomic E-state index is 9.42. The highest BCUT2D eigenvalue weighted by molar-refractivity contribution is 7.26. The van der Waals surface area contributed by atoms with Crippen LogP contribution < -0.4 is 4.65 Å². The molecule has 0 saturated heterocycles. The SMILES string of the molecule is OBOc1cc2ccccc2c2c1sc1ccc(-c3cccc(-c4ccccc4)c3)cc12. The number of hydrogen-bond acceptors (Lipinski definition) is 3. The fraction of sp³-hybridized carbons (Fsp3) is 0. The van der Waals surface area contributed by atoms with Gasteiger partial charge in [-0.1, -0.05) is 78.9 Å². The van der Waals surface area contributed by atoms with Crippen LogP contribution in [-0.2, 0) is 0 Å². The minimum atomic E-state index is -0.334. The number of thiophene rings is 1. The minimum Gasteiger partial charge on any atom is -0.538 e. The zero-order valence-corrected chi connectivity index (χ0v) is 18.1. The van der Waals surface area contributed by atoms with Gasteiger partial charge in [0, 0.05) is 15.5 Å². The Morgan fingerprint density at radius 1 is 0.625 bits per heavy atom. The molecule has 1 aromatic heterocycles. The van der Waals surface area contributed by atoms with Crippen LogP contribution in [0.1, 0.15) is 0 Å². The second-order valence-corrected chi connectivity index (χ2v) is 8.89. The van der Waals surface area contributed by atoms with E-state index >= 15 is 0 Å². The van der Waals surface area contributed by atoms with Crippen LogP contribution in [-0.4, -0.2) is 12.7 Å². The van der Waals surface area contributed by atoms with Crippen LogP contribution in [0.15, 0.2) is 103 Å². The molecule has 0 radical (unpaired) electrons. The summed E-state index contributed by atoms with van der Waals surface area (Å²) >= 11 is 1.71. The molecule has 0 aliphatic carbocycles. The molecule has 2 nitrogen and oxygen atoms in total. The Morgan fingerprint density at radius 3 is 2.19 bits per heavy atom. The molecule has 1 heterocycles. The molecule has 0 saturated carbocycles. The first-order valence-electron chi connectivity index (χ1n) is 10.6. The van der Waals surface area contributed by atoms with Gasteiger partial charge < -0.3 is 9.68 Å². The molecule has 0 spiro atoms. The van der Waals surface area contributed by atoms with E-state index in [4.69, 9.17) is 4.65 Å². The van der Waals surface area contributed by atoms with Gasteiger partial charge in [-0.15, -0.1) is 11.3 Å². The molecule has 6 aromatic rings. The molecule has 0 bridgehead atoms. The highest BCUT2D eigenvalue weighted by Crippen LogP contribution is 2.44. The van der Waals surface area contributed by atoms with Crippen molar-refractivity contribution in [3.05, 3.63) is 103 Å². The number of fused-ring (bicyclic) bond motifs is 5. The van der Waals surface area contributed by atoms with Gasteiger partial charge in [0.2, 0.25) is 0 Å². The van der Waals surface area contributed by atoms with E-state index < -0.39 is 0 Å². The summed E-state index contributed by atoms with van der Waals surface area (Å²) in [6.07, 6.45) is 0. The van der Waals surface area contributed by atoms with Crippen molar-refractivity contribution in [1.29, 1.82) is 0 Å². The molecule has 0 aliphatic heterocycles. The van der Waals surface area contributed by atoms with E-state index in [1.54, 1.807) is 11.3 Å². The van der Waals surface area contributed by atoms with Crippen molar-refractivity contribution in [3.8, 4) is 28.0 Å². The van der Waals surface area contributed by atoms with Gasteiger partial charge in [-0.05, 0) is 57.3 Å². The van der Waals surface area contributed by atoms with Crippen LogP contribution in [0.5, 0.6) is 5.75 Å². The number of rotatable bonds is 4. The Bertz CT molecular complexity index is 1590. The van der Waals surface area contributed by atoms with E-state index in [9.17, 15) is 5.02 Å². The molecule has 0 unspecified atom stereocenters. The Balaban J connectivity index is 1.59. The van der Waals surface area contributed by atoms with E-state index in [0.29, 0.717) is 0 Å². The fourth-order valence-corrected chi connectivity index (χ4v) is 5.63. The van der Waals surface area contributed by atoms with Gasteiger partial charge in [0.05, 0.1) is 4.70 Å². The topological polar surface area (TPSA) is 29.5 Å². The number of benzene rings is 5. The first kappa shape index (κ1) is 19.1. The predicted octanol–water partition coefficient (Wildman–Crippen LogP) is 7.18.